The van der Waals surface area contributed by atoms with Gasteiger partial charge in [0.05, 0.1) is 17.6 Å². The normalized spacial score (nSPS) is 19.7. The van der Waals surface area contributed by atoms with Crippen LogP contribution in [0.25, 0.3) is 11.0 Å². The minimum atomic E-state index is 0.0224. The zero-order valence-electron chi connectivity index (χ0n) is 18.7. The van der Waals surface area contributed by atoms with Crippen molar-refractivity contribution in [3.05, 3.63) is 30.1 Å². The SMILES string of the molecule is CCN1CCCC1CN(CCN(C)C)C(=O)NCc1nc2ccccc2n1C1CC1. The molecule has 2 heterocycles. The van der Waals surface area contributed by atoms with Gasteiger partial charge >= 0.3 is 6.03 Å². The molecule has 1 saturated heterocycles. The molecular formula is C23H36N6O. The van der Waals surface area contributed by atoms with Crippen molar-refractivity contribution in [1.82, 2.24) is 29.6 Å². The summed E-state index contributed by atoms with van der Waals surface area (Å²) in [6, 6.07) is 9.31. The van der Waals surface area contributed by atoms with E-state index in [2.05, 4.69) is 58.9 Å². The molecule has 2 fully saturated rings. The van der Waals surface area contributed by atoms with Crippen LogP contribution in [0.15, 0.2) is 24.3 Å². The summed E-state index contributed by atoms with van der Waals surface area (Å²) in [6.07, 6.45) is 4.81. The van der Waals surface area contributed by atoms with Gasteiger partial charge in [0.25, 0.3) is 0 Å². The number of nitrogens with one attached hydrogen (secondary N) is 1. The first-order valence-electron chi connectivity index (χ1n) is 11.4. The molecule has 1 aliphatic carbocycles. The van der Waals surface area contributed by atoms with E-state index in [1.807, 2.05) is 11.0 Å². The van der Waals surface area contributed by atoms with Gasteiger partial charge in [-0.15, -0.1) is 0 Å². The number of likely N-dealkylation sites (tertiary alicyclic amines) is 1. The molecule has 2 aliphatic rings. The minimum absolute atomic E-state index is 0.0224. The molecule has 0 radical (unpaired) electrons. The summed E-state index contributed by atoms with van der Waals surface area (Å²) in [6.45, 7) is 7.30. The Morgan fingerprint density at radius 1 is 1.20 bits per heavy atom. The lowest BCUT2D eigenvalue weighted by molar-refractivity contribution is 0.161. The third-order valence-corrected chi connectivity index (χ3v) is 6.42. The molecule has 1 aliphatic heterocycles. The van der Waals surface area contributed by atoms with Crippen LogP contribution in [0.4, 0.5) is 4.79 Å². The summed E-state index contributed by atoms with van der Waals surface area (Å²) in [5.41, 5.74) is 2.20. The lowest BCUT2D eigenvalue weighted by Crippen LogP contribution is -2.48. The third kappa shape index (κ3) is 4.78. The number of imidazole rings is 1. The molecule has 7 nitrogen and oxygen atoms in total. The van der Waals surface area contributed by atoms with Gasteiger partial charge in [0.15, 0.2) is 0 Å². The van der Waals surface area contributed by atoms with Crippen LogP contribution in [0, 0.1) is 0 Å². The van der Waals surface area contributed by atoms with Gasteiger partial charge < -0.3 is 19.7 Å². The van der Waals surface area contributed by atoms with E-state index in [9.17, 15) is 4.79 Å². The van der Waals surface area contributed by atoms with Crippen LogP contribution >= 0.6 is 0 Å². The number of aromatic nitrogens is 2. The van der Waals surface area contributed by atoms with Crippen LogP contribution in [0.5, 0.6) is 0 Å². The molecule has 30 heavy (non-hydrogen) atoms. The van der Waals surface area contributed by atoms with Gasteiger partial charge in [-0.3, -0.25) is 4.90 Å². The molecule has 1 aromatic heterocycles. The van der Waals surface area contributed by atoms with Crippen molar-refractivity contribution < 1.29 is 4.79 Å². The summed E-state index contributed by atoms with van der Waals surface area (Å²) in [7, 11) is 4.12. The Morgan fingerprint density at radius 2 is 2.00 bits per heavy atom. The fraction of sp³-hybridized carbons (Fsp3) is 0.652. The van der Waals surface area contributed by atoms with E-state index in [1.165, 1.54) is 31.2 Å². The molecular weight excluding hydrogens is 376 g/mol. The number of nitrogens with zero attached hydrogens (tertiary/aromatic N) is 5. The van der Waals surface area contributed by atoms with Crippen molar-refractivity contribution in [3.8, 4) is 0 Å². The average molecular weight is 413 g/mol. The number of likely N-dealkylation sites (N-methyl/N-ethyl adjacent to an activating group) is 2. The molecule has 0 bridgehead atoms. The van der Waals surface area contributed by atoms with E-state index in [4.69, 9.17) is 4.98 Å². The van der Waals surface area contributed by atoms with Crippen molar-refractivity contribution in [2.75, 3.05) is 46.8 Å². The zero-order valence-corrected chi connectivity index (χ0v) is 18.7. The van der Waals surface area contributed by atoms with Crippen LogP contribution in [-0.4, -0.2) is 83.1 Å². The Labute approximate surface area is 180 Å². The van der Waals surface area contributed by atoms with E-state index >= 15 is 0 Å². The first kappa shape index (κ1) is 21.1. The smallest absolute Gasteiger partial charge is 0.317 e. The predicted octanol–water partition coefficient (Wildman–Crippen LogP) is 2.93. The number of carbonyl (C=O) groups excluding carboxylic acids is 1. The topological polar surface area (TPSA) is 56.6 Å². The summed E-state index contributed by atoms with van der Waals surface area (Å²) < 4.78 is 2.33. The highest BCUT2D eigenvalue weighted by Crippen LogP contribution is 2.38. The molecule has 164 valence electrons. The van der Waals surface area contributed by atoms with E-state index < -0.39 is 0 Å². The monoisotopic (exact) mass is 412 g/mol. The maximum absolute atomic E-state index is 13.2. The number of benzene rings is 1. The number of hydrogen-bond acceptors (Lipinski definition) is 4. The number of hydrogen-bond donors (Lipinski definition) is 1. The highest BCUT2D eigenvalue weighted by Gasteiger charge is 2.29. The van der Waals surface area contributed by atoms with Crippen LogP contribution in [-0.2, 0) is 6.54 Å². The van der Waals surface area contributed by atoms with Gasteiger partial charge in [-0.2, -0.15) is 0 Å². The zero-order chi connectivity index (χ0) is 21.1. The number of para-hydroxylation sites is 2. The lowest BCUT2D eigenvalue weighted by Gasteiger charge is -2.31. The molecule has 4 rings (SSSR count). The van der Waals surface area contributed by atoms with Gasteiger partial charge in [0.1, 0.15) is 5.82 Å². The van der Waals surface area contributed by atoms with Gasteiger partial charge in [-0.25, -0.2) is 9.78 Å². The predicted molar refractivity (Wildman–Crippen MR) is 121 cm³/mol. The number of fused-ring (bicyclic) bond motifs is 1. The number of amides is 2. The molecule has 2 amide bonds. The van der Waals surface area contributed by atoms with Crippen molar-refractivity contribution in [3.63, 3.8) is 0 Å². The minimum Gasteiger partial charge on any atom is -0.331 e. The van der Waals surface area contributed by atoms with E-state index in [0.29, 0.717) is 18.6 Å². The van der Waals surface area contributed by atoms with E-state index in [-0.39, 0.29) is 6.03 Å². The second-order valence-corrected chi connectivity index (χ2v) is 8.95. The van der Waals surface area contributed by atoms with E-state index in [0.717, 1.165) is 44.1 Å². The standard InChI is InChI=1S/C23H36N6O/c1-4-27-13-7-8-19(27)17-28(15-14-26(2)3)23(30)24-16-22-25-20-9-5-6-10-21(20)29(22)18-11-12-18/h5-6,9-10,18-19H,4,7-8,11-17H2,1-3H3,(H,24,30). The number of carbonyl (C=O) groups is 1. The first-order valence-corrected chi connectivity index (χ1v) is 11.4. The summed E-state index contributed by atoms with van der Waals surface area (Å²) >= 11 is 0. The van der Waals surface area contributed by atoms with Crippen molar-refractivity contribution in [1.29, 1.82) is 0 Å². The lowest BCUT2D eigenvalue weighted by atomic mass is 10.2. The fourth-order valence-corrected chi connectivity index (χ4v) is 4.59. The van der Waals surface area contributed by atoms with Crippen LogP contribution < -0.4 is 5.32 Å². The highest BCUT2D eigenvalue weighted by atomic mass is 16.2. The average Bonchev–Trinajstić information content (AvgIpc) is 3.35. The fourth-order valence-electron chi connectivity index (χ4n) is 4.59. The summed E-state index contributed by atoms with van der Waals surface area (Å²) in [5.74, 6) is 0.968. The van der Waals surface area contributed by atoms with Gasteiger partial charge in [-0.1, -0.05) is 19.1 Å². The second-order valence-electron chi connectivity index (χ2n) is 8.95. The number of urea groups is 1. The molecule has 2 aromatic rings. The second kappa shape index (κ2) is 9.35. The van der Waals surface area contributed by atoms with Crippen LogP contribution in [0.2, 0.25) is 0 Å². The molecule has 0 spiro atoms. The van der Waals surface area contributed by atoms with Crippen molar-refractivity contribution >= 4 is 17.1 Å². The number of rotatable bonds is 9. The molecule has 1 atom stereocenters. The molecule has 1 unspecified atom stereocenters. The molecule has 7 heteroatoms. The highest BCUT2D eigenvalue weighted by molar-refractivity contribution is 5.77. The van der Waals surface area contributed by atoms with Crippen molar-refractivity contribution in [2.24, 2.45) is 0 Å². The molecule has 1 saturated carbocycles. The third-order valence-electron chi connectivity index (χ3n) is 6.42. The Morgan fingerprint density at radius 3 is 2.73 bits per heavy atom. The quantitative estimate of drug-likeness (QED) is 0.688. The van der Waals surface area contributed by atoms with Gasteiger partial charge in [0.2, 0.25) is 0 Å². The van der Waals surface area contributed by atoms with Gasteiger partial charge in [-0.05, 0) is 65.0 Å². The molecule has 1 aromatic carbocycles. The Hall–Kier alpha value is -2.12. The largest absolute Gasteiger partial charge is 0.331 e. The molecule has 1 N–H and O–H groups in total. The first-order chi connectivity index (χ1) is 14.6. The summed E-state index contributed by atoms with van der Waals surface area (Å²) in [5, 5.41) is 3.18. The Kier molecular flexibility index (Phi) is 6.58. The maximum atomic E-state index is 13.2. The van der Waals surface area contributed by atoms with Crippen molar-refractivity contribution in [2.45, 2.75) is 51.2 Å². The Balaban J connectivity index is 1.44. The van der Waals surface area contributed by atoms with Crippen LogP contribution in [0.1, 0.15) is 44.5 Å². The summed E-state index contributed by atoms with van der Waals surface area (Å²) in [4.78, 5) is 24.6. The maximum Gasteiger partial charge on any atom is 0.317 e. The van der Waals surface area contributed by atoms with E-state index in [1.54, 1.807) is 0 Å². The van der Waals surface area contributed by atoms with Gasteiger partial charge in [0, 0.05) is 31.7 Å². The Bertz CT molecular complexity index is 858. The van der Waals surface area contributed by atoms with Crippen LogP contribution in [0.3, 0.4) is 0 Å².